The van der Waals surface area contributed by atoms with E-state index in [4.69, 9.17) is 4.74 Å². The van der Waals surface area contributed by atoms with Gasteiger partial charge in [-0.1, -0.05) is 17.9 Å². The van der Waals surface area contributed by atoms with Crippen LogP contribution in [0.2, 0.25) is 0 Å². The molecule has 1 fully saturated rings. The third-order valence-electron chi connectivity index (χ3n) is 6.52. The van der Waals surface area contributed by atoms with Gasteiger partial charge in [-0.3, -0.25) is 4.79 Å². The first-order chi connectivity index (χ1) is 16.2. The zero-order chi connectivity index (χ0) is 24.1. The molecule has 172 valence electrons. The number of nitrogens with zero attached hydrogens (tertiary/aromatic N) is 3. The summed E-state index contributed by atoms with van der Waals surface area (Å²) in [7, 11) is 1.67. The maximum atomic E-state index is 13.4. The SMILES string of the molecule is Cn1c(=O)cc(N2CCOCc3c(C#CC4(C(F)(F)F)CC4)cccc32)c2cc(C#N)ccc21. The Labute approximate surface area is 194 Å². The molecule has 0 unspecified atom stereocenters. The molecule has 1 aliphatic heterocycles. The summed E-state index contributed by atoms with van der Waals surface area (Å²) in [6.45, 7) is 0.972. The zero-order valence-corrected chi connectivity index (χ0v) is 18.4. The fourth-order valence-corrected chi connectivity index (χ4v) is 4.33. The quantitative estimate of drug-likeness (QED) is 0.488. The van der Waals surface area contributed by atoms with Crippen LogP contribution >= 0.6 is 0 Å². The summed E-state index contributed by atoms with van der Waals surface area (Å²) in [4.78, 5) is 14.7. The van der Waals surface area contributed by atoms with Crippen molar-refractivity contribution in [3.8, 4) is 17.9 Å². The molecule has 2 heterocycles. The van der Waals surface area contributed by atoms with Crippen LogP contribution < -0.4 is 10.5 Å². The Morgan fingerprint density at radius 2 is 1.91 bits per heavy atom. The molecule has 0 saturated heterocycles. The van der Waals surface area contributed by atoms with Gasteiger partial charge >= 0.3 is 6.18 Å². The average Bonchev–Trinajstić information content (AvgIpc) is 3.64. The van der Waals surface area contributed by atoms with E-state index in [9.17, 15) is 23.2 Å². The lowest BCUT2D eigenvalue weighted by molar-refractivity contribution is -0.168. The van der Waals surface area contributed by atoms with Crippen molar-refractivity contribution in [3.05, 3.63) is 69.5 Å². The lowest BCUT2D eigenvalue weighted by Crippen LogP contribution is -2.25. The highest BCUT2D eigenvalue weighted by Gasteiger charge is 2.62. The molecule has 0 amide bonds. The Bertz CT molecular complexity index is 1470. The summed E-state index contributed by atoms with van der Waals surface area (Å²) >= 11 is 0. The number of pyridine rings is 1. The van der Waals surface area contributed by atoms with Crippen molar-refractivity contribution in [1.82, 2.24) is 4.57 Å². The minimum atomic E-state index is -4.35. The van der Waals surface area contributed by atoms with Crippen LogP contribution in [0.4, 0.5) is 24.5 Å². The van der Waals surface area contributed by atoms with Crippen LogP contribution in [-0.2, 0) is 18.4 Å². The number of hydrogen-bond donors (Lipinski definition) is 0. The first kappa shape index (κ1) is 22.1. The average molecular weight is 463 g/mol. The molecule has 1 saturated carbocycles. The van der Waals surface area contributed by atoms with E-state index in [1.165, 1.54) is 10.6 Å². The van der Waals surface area contributed by atoms with Gasteiger partial charge in [-0.2, -0.15) is 18.4 Å². The summed E-state index contributed by atoms with van der Waals surface area (Å²) < 4.78 is 47.4. The Hall–Kier alpha value is -3.75. The predicted molar refractivity (Wildman–Crippen MR) is 122 cm³/mol. The lowest BCUT2D eigenvalue weighted by atomic mass is 10.0. The van der Waals surface area contributed by atoms with Gasteiger partial charge in [0.15, 0.2) is 0 Å². The van der Waals surface area contributed by atoms with E-state index in [0.29, 0.717) is 41.0 Å². The van der Waals surface area contributed by atoms with Crippen molar-refractivity contribution < 1.29 is 17.9 Å². The first-order valence-electron chi connectivity index (χ1n) is 10.8. The molecular weight excluding hydrogens is 443 g/mol. The molecule has 2 aliphatic rings. The Kier molecular flexibility index (Phi) is 5.15. The van der Waals surface area contributed by atoms with Crippen LogP contribution in [0.5, 0.6) is 0 Å². The minimum absolute atomic E-state index is 0.0155. The molecule has 8 heteroatoms. The standard InChI is InChI=1S/C26H20F3N3O2/c1-31-21-6-5-17(15-30)13-19(21)23(14-24(31)33)32-11-12-34-16-20-18(3-2-4-22(20)32)7-8-25(9-10-25)26(27,28)29/h2-6,13-14H,9-12,16H2,1H3. The number of rotatable bonds is 1. The number of fused-ring (bicyclic) bond motifs is 2. The first-order valence-corrected chi connectivity index (χ1v) is 10.8. The Balaban J connectivity index is 1.68. The van der Waals surface area contributed by atoms with Crippen LogP contribution in [0, 0.1) is 28.6 Å². The molecule has 5 rings (SSSR count). The molecule has 5 nitrogen and oxygen atoms in total. The number of hydrogen-bond acceptors (Lipinski definition) is 4. The van der Waals surface area contributed by atoms with Crippen molar-refractivity contribution in [2.24, 2.45) is 12.5 Å². The molecule has 1 aliphatic carbocycles. The fourth-order valence-electron chi connectivity index (χ4n) is 4.33. The van der Waals surface area contributed by atoms with Crippen molar-refractivity contribution in [3.63, 3.8) is 0 Å². The second-order valence-corrected chi connectivity index (χ2v) is 8.61. The van der Waals surface area contributed by atoms with Gasteiger partial charge in [0.1, 0.15) is 5.41 Å². The van der Waals surface area contributed by atoms with Crippen LogP contribution in [-0.4, -0.2) is 23.9 Å². The van der Waals surface area contributed by atoms with Gasteiger partial charge < -0.3 is 14.2 Å². The molecule has 2 aromatic carbocycles. The monoisotopic (exact) mass is 463 g/mol. The van der Waals surface area contributed by atoms with Crippen LogP contribution in [0.15, 0.2) is 47.3 Å². The number of aryl methyl sites for hydroxylation is 1. The predicted octanol–water partition coefficient (Wildman–Crippen LogP) is 4.77. The van der Waals surface area contributed by atoms with Crippen LogP contribution in [0.1, 0.15) is 29.5 Å². The summed E-state index contributed by atoms with van der Waals surface area (Å²) in [5.41, 5.74) is 1.48. The molecule has 0 spiro atoms. The second kappa shape index (κ2) is 7.93. The summed E-state index contributed by atoms with van der Waals surface area (Å²) in [5, 5.41) is 10.1. The highest BCUT2D eigenvalue weighted by atomic mass is 19.4. The van der Waals surface area contributed by atoms with Gasteiger partial charge in [0.05, 0.1) is 36.1 Å². The smallest absolute Gasteiger partial charge is 0.375 e. The number of benzene rings is 2. The maximum Gasteiger partial charge on any atom is 0.405 e. The Morgan fingerprint density at radius 1 is 1.12 bits per heavy atom. The van der Waals surface area contributed by atoms with E-state index < -0.39 is 11.6 Å². The van der Waals surface area contributed by atoms with Crippen molar-refractivity contribution in [1.29, 1.82) is 5.26 Å². The van der Waals surface area contributed by atoms with Gasteiger partial charge in [0.2, 0.25) is 0 Å². The van der Waals surface area contributed by atoms with E-state index >= 15 is 0 Å². The summed E-state index contributed by atoms with van der Waals surface area (Å²) in [6.07, 6.45) is -4.32. The number of anilines is 2. The number of halogens is 3. The van der Waals surface area contributed by atoms with Gasteiger partial charge in [0, 0.05) is 41.9 Å². The number of nitriles is 1. The normalized spacial score (nSPS) is 16.7. The topological polar surface area (TPSA) is 58.3 Å². The molecule has 0 N–H and O–H groups in total. The van der Waals surface area contributed by atoms with Gasteiger partial charge in [-0.25, -0.2) is 0 Å². The molecule has 1 aromatic heterocycles. The number of ether oxygens (including phenoxy) is 1. The number of alkyl halides is 3. The van der Waals surface area contributed by atoms with E-state index in [1.807, 2.05) is 11.0 Å². The maximum absolute atomic E-state index is 13.4. The van der Waals surface area contributed by atoms with E-state index in [1.54, 1.807) is 37.4 Å². The van der Waals surface area contributed by atoms with Crippen molar-refractivity contribution in [2.45, 2.75) is 25.6 Å². The molecule has 0 radical (unpaired) electrons. The molecule has 0 atom stereocenters. The molecule has 3 aromatic rings. The van der Waals surface area contributed by atoms with Gasteiger partial charge in [-0.05, 0) is 43.2 Å². The summed E-state index contributed by atoms with van der Waals surface area (Å²) in [5.74, 6) is 5.25. The minimum Gasteiger partial charge on any atom is -0.375 e. The van der Waals surface area contributed by atoms with E-state index in [-0.39, 0.29) is 25.0 Å². The highest BCUT2D eigenvalue weighted by molar-refractivity contribution is 5.95. The van der Waals surface area contributed by atoms with Gasteiger partial charge in [-0.15, -0.1) is 0 Å². The highest BCUT2D eigenvalue weighted by Crippen LogP contribution is 2.57. The third kappa shape index (κ3) is 3.61. The van der Waals surface area contributed by atoms with E-state index in [0.717, 1.165) is 11.1 Å². The second-order valence-electron chi connectivity index (χ2n) is 8.61. The third-order valence-corrected chi connectivity index (χ3v) is 6.52. The zero-order valence-electron chi connectivity index (χ0n) is 18.4. The van der Waals surface area contributed by atoms with Crippen LogP contribution in [0.3, 0.4) is 0 Å². The van der Waals surface area contributed by atoms with Crippen molar-refractivity contribution in [2.75, 3.05) is 18.1 Å². The van der Waals surface area contributed by atoms with Crippen molar-refractivity contribution >= 4 is 22.3 Å². The fraction of sp³-hybridized carbons (Fsp3) is 0.308. The Morgan fingerprint density at radius 3 is 2.62 bits per heavy atom. The largest absolute Gasteiger partial charge is 0.405 e. The molecule has 34 heavy (non-hydrogen) atoms. The molecular formula is C26H20F3N3O2. The molecule has 0 bridgehead atoms. The summed E-state index contributed by atoms with van der Waals surface area (Å²) in [6, 6.07) is 14.1. The lowest BCUT2D eigenvalue weighted by Gasteiger charge is -2.26. The van der Waals surface area contributed by atoms with Gasteiger partial charge in [0.25, 0.3) is 5.56 Å². The number of aromatic nitrogens is 1. The van der Waals surface area contributed by atoms with Crippen LogP contribution in [0.25, 0.3) is 10.9 Å². The van der Waals surface area contributed by atoms with E-state index in [2.05, 4.69) is 17.9 Å².